The van der Waals surface area contributed by atoms with Crippen LogP contribution in [-0.4, -0.2) is 17.9 Å². The lowest BCUT2D eigenvalue weighted by Crippen LogP contribution is -2.22. The maximum atomic E-state index is 12.7. The Bertz CT molecular complexity index is 1230. The molecule has 0 radical (unpaired) electrons. The van der Waals surface area contributed by atoms with Gasteiger partial charge in [0.1, 0.15) is 11.5 Å². The second-order valence-corrected chi connectivity index (χ2v) is 8.50. The van der Waals surface area contributed by atoms with Gasteiger partial charge in [0.25, 0.3) is 5.91 Å². The Balaban J connectivity index is 1.46. The van der Waals surface area contributed by atoms with E-state index < -0.39 is 0 Å². The molecule has 3 aromatic carbocycles. The number of furan rings is 1. The number of methoxy groups -OCH3 is 1. The number of benzene rings is 3. The molecular weight excluding hydrogens is 424 g/mol. The summed E-state index contributed by atoms with van der Waals surface area (Å²) in [6.07, 6.45) is 0. The molecule has 0 fully saturated rings. The summed E-state index contributed by atoms with van der Waals surface area (Å²) >= 11 is 0. The first-order valence-corrected chi connectivity index (χ1v) is 11.4. The largest absolute Gasteiger partial charge is 0.497 e. The van der Waals surface area contributed by atoms with Gasteiger partial charge in [-0.25, -0.2) is 0 Å². The number of carbonyl (C=O) groups excluding carboxylic acids is 1. The van der Waals surface area contributed by atoms with Gasteiger partial charge in [-0.3, -0.25) is 9.69 Å². The van der Waals surface area contributed by atoms with Crippen LogP contribution in [0.2, 0.25) is 0 Å². The molecule has 4 rings (SSSR count). The Morgan fingerprint density at radius 2 is 1.53 bits per heavy atom. The van der Waals surface area contributed by atoms with E-state index in [1.807, 2.05) is 68.4 Å². The van der Waals surface area contributed by atoms with Crippen molar-refractivity contribution in [2.24, 2.45) is 0 Å². The number of nitrogens with zero attached hydrogens (tertiary/aromatic N) is 1. The summed E-state index contributed by atoms with van der Waals surface area (Å²) < 4.78 is 11.2. The lowest BCUT2D eigenvalue weighted by atomic mass is 10.1. The van der Waals surface area contributed by atoms with Crippen LogP contribution in [0.4, 0.5) is 5.69 Å². The van der Waals surface area contributed by atoms with Gasteiger partial charge in [-0.15, -0.1) is 0 Å². The highest BCUT2D eigenvalue weighted by atomic mass is 16.5. The molecule has 0 aliphatic rings. The van der Waals surface area contributed by atoms with Crippen molar-refractivity contribution in [1.29, 1.82) is 0 Å². The Hall–Kier alpha value is -3.83. The number of nitrogens with one attached hydrogen (secondary N) is 1. The fourth-order valence-corrected chi connectivity index (χ4v) is 3.82. The molecule has 1 heterocycles. The van der Waals surface area contributed by atoms with Gasteiger partial charge in [0.05, 0.1) is 13.7 Å². The predicted octanol–water partition coefficient (Wildman–Crippen LogP) is 6.36. The van der Waals surface area contributed by atoms with Gasteiger partial charge < -0.3 is 14.5 Å². The van der Waals surface area contributed by atoms with E-state index in [0.29, 0.717) is 12.3 Å². The number of amides is 1. The first-order valence-electron chi connectivity index (χ1n) is 11.4. The second-order valence-electron chi connectivity index (χ2n) is 8.50. The van der Waals surface area contributed by atoms with E-state index in [1.165, 1.54) is 16.7 Å². The minimum Gasteiger partial charge on any atom is -0.497 e. The molecule has 5 heteroatoms. The molecule has 4 aromatic rings. The Labute approximate surface area is 201 Å². The third-order valence-corrected chi connectivity index (χ3v) is 5.84. The average molecular weight is 455 g/mol. The van der Waals surface area contributed by atoms with E-state index in [4.69, 9.17) is 9.15 Å². The molecule has 1 aromatic heterocycles. The third-order valence-electron chi connectivity index (χ3n) is 5.84. The standard InChI is InChI=1S/C29H30N2O3/c1-21-9-12-25(17-22(21)2)30-29(32)28-16-15-27(34-28)20-31(18-23-7-5-4-6-8-23)19-24-10-13-26(33-3)14-11-24/h4-17H,18-20H2,1-3H3,(H,30,32). The van der Waals surface area contributed by atoms with Crippen molar-refractivity contribution in [3.8, 4) is 5.75 Å². The molecule has 0 aliphatic carbocycles. The van der Waals surface area contributed by atoms with Crippen molar-refractivity contribution >= 4 is 11.6 Å². The Kier molecular flexibility index (Phi) is 7.45. The van der Waals surface area contributed by atoms with E-state index in [1.54, 1.807) is 13.2 Å². The molecule has 1 amide bonds. The lowest BCUT2D eigenvalue weighted by Gasteiger charge is -2.21. The van der Waals surface area contributed by atoms with E-state index in [2.05, 4.69) is 34.5 Å². The van der Waals surface area contributed by atoms with Crippen LogP contribution in [0.1, 0.15) is 38.6 Å². The van der Waals surface area contributed by atoms with Crippen molar-refractivity contribution in [3.63, 3.8) is 0 Å². The van der Waals surface area contributed by atoms with Gasteiger partial charge in [-0.05, 0) is 72.5 Å². The number of ether oxygens (including phenoxy) is 1. The smallest absolute Gasteiger partial charge is 0.291 e. The SMILES string of the molecule is COc1ccc(CN(Cc2ccccc2)Cc2ccc(C(=O)Nc3ccc(C)c(C)c3)o2)cc1. The van der Waals surface area contributed by atoms with Crippen LogP contribution < -0.4 is 10.1 Å². The first-order chi connectivity index (χ1) is 16.5. The van der Waals surface area contributed by atoms with Crippen LogP contribution in [0.25, 0.3) is 0 Å². The number of carbonyl (C=O) groups is 1. The summed E-state index contributed by atoms with van der Waals surface area (Å²) in [6.45, 7) is 6.16. The minimum absolute atomic E-state index is 0.251. The van der Waals surface area contributed by atoms with Crippen LogP contribution in [0.15, 0.2) is 89.3 Å². The quantitative estimate of drug-likeness (QED) is 0.320. The monoisotopic (exact) mass is 454 g/mol. The van der Waals surface area contributed by atoms with Gasteiger partial charge in [-0.2, -0.15) is 0 Å². The van der Waals surface area contributed by atoms with Crippen LogP contribution in [-0.2, 0) is 19.6 Å². The van der Waals surface area contributed by atoms with Gasteiger partial charge in [0.15, 0.2) is 5.76 Å². The molecule has 1 N–H and O–H groups in total. The van der Waals surface area contributed by atoms with Gasteiger partial charge in [0, 0.05) is 18.8 Å². The molecule has 0 saturated carbocycles. The molecule has 0 unspecified atom stereocenters. The van der Waals surface area contributed by atoms with E-state index in [9.17, 15) is 4.79 Å². The summed E-state index contributed by atoms with van der Waals surface area (Å²) in [6, 6.07) is 27.9. The number of hydrogen-bond acceptors (Lipinski definition) is 4. The Morgan fingerprint density at radius 3 is 2.21 bits per heavy atom. The van der Waals surface area contributed by atoms with Crippen LogP contribution >= 0.6 is 0 Å². The zero-order chi connectivity index (χ0) is 23.9. The maximum Gasteiger partial charge on any atom is 0.291 e. The number of aryl methyl sites for hydroxylation is 2. The molecule has 34 heavy (non-hydrogen) atoms. The highest BCUT2D eigenvalue weighted by molar-refractivity contribution is 6.02. The topological polar surface area (TPSA) is 54.7 Å². The molecular formula is C29H30N2O3. The summed E-state index contributed by atoms with van der Waals surface area (Å²) in [4.78, 5) is 15.0. The summed E-state index contributed by atoms with van der Waals surface area (Å²) in [5.74, 6) is 1.63. The zero-order valence-electron chi connectivity index (χ0n) is 19.9. The number of hydrogen-bond donors (Lipinski definition) is 1. The van der Waals surface area contributed by atoms with Crippen molar-refractivity contribution in [3.05, 3.63) is 119 Å². The fourth-order valence-electron chi connectivity index (χ4n) is 3.82. The van der Waals surface area contributed by atoms with Gasteiger partial charge in [-0.1, -0.05) is 48.5 Å². The molecule has 0 atom stereocenters. The van der Waals surface area contributed by atoms with Crippen LogP contribution in [0.3, 0.4) is 0 Å². The van der Waals surface area contributed by atoms with E-state index in [0.717, 1.165) is 35.9 Å². The maximum absolute atomic E-state index is 12.7. The van der Waals surface area contributed by atoms with Gasteiger partial charge in [0.2, 0.25) is 0 Å². The molecule has 0 saturated heterocycles. The van der Waals surface area contributed by atoms with Crippen molar-refractivity contribution in [2.45, 2.75) is 33.5 Å². The predicted molar refractivity (Wildman–Crippen MR) is 135 cm³/mol. The Morgan fingerprint density at radius 1 is 0.824 bits per heavy atom. The highest BCUT2D eigenvalue weighted by Crippen LogP contribution is 2.20. The average Bonchev–Trinajstić information content (AvgIpc) is 3.31. The minimum atomic E-state index is -0.251. The number of anilines is 1. The molecule has 0 aliphatic heterocycles. The number of rotatable bonds is 9. The summed E-state index contributed by atoms with van der Waals surface area (Å²) in [7, 11) is 1.67. The highest BCUT2D eigenvalue weighted by Gasteiger charge is 2.15. The third kappa shape index (κ3) is 6.15. The second kappa shape index (κ2) is 10.9. The molecule has 5 nitrogen and oxygen atoms in total. The summed E-state index contributed by atoms with van der Waals surface area (Å²) in [5.41, 5.74) is 5.48. The van der Waals surface area contributed by atoms with Crippen molar-refractivity contribution in [2.75, 3.05) is 12.4 Å². The van der Waals surface area contributed by atoms with Crippen LogP contribution in [0, 0.1) is 13.8 Å². The summed E-state index contributed by atoms with van der Waals surface area (Å²) in [5, 5.41) is 2.93. The first kappa shape index (κ1) is 23.3. The fraction of sp³-hybridized carbons (Fsp3) is 0.207. The van der Waals surface area contributed by atoms with E-state index >= 15 is 0 Å². The molecule has 174 valence electrons. The lowest BCUT2D eigenvalue weighted by molar-refractivity contribution is 0.0992. The van der Waals surface area contributed by atoms with Crippen LogP contribution in [0.5, 0.6) is 5.75 Å². The van der Waals surface area contributed by atoms with E-state index in [-0.39, 0.29) is 5.91 Å². The zero-order valence-corrected chi connectivity index (χ0v) is 19.9. The molecule has 0 bridgehead atoms. The van der Waals surface area contributed by atoms with Crippen molar-refractivity contribution in [1.82, 2.24) is 4.90 Å². The van der Waals surface area contributed by atoms with Gasteiger partial charge >= 0.3 is 0 Å². The van der Waals surface area contributed by atoms with Crippen molar-refractivity contribution < 1.29 is 13.9 Å². The molecule has 0 spiro atoms. The normalized spacial score (nSPS) is 10.9.